The van der Waals surface area contributed by atoms with Gasteiger partial charge >= 0.3 is 0 Å². The minimum atomic E-state index is 1.36. The maximum Gasteiger partial charge on any atom is 0.0784 e. The summed E-state index contributed by atoms with van der Waals surface area (Å²) in [6.07, 6.45) is 51.6. The maximum absolute atomic E-state index is 2.79. The van der Waals surface area contributed by atoms with E-state index in [0.717, 1.165) is 0 Å². The van der Waals surface area contributed by atoms with Gasteiger partial charge in [-0.3, -0.25) is 0 Å². The molecule has 0 aromatic heterocycles. The zero-order valence-electron chi connectivity index (χ0n) is 37.6. The topological polar surface area (TPSA) is 3.24 Å². The summed E-state index contributed by atoms with van der Waals surface area (Å²) < 4.78 is 1.36. The summed E-state index contributed by atoms with van der Waals surface area (Å²) in [5.74, 6) is 0. The Morgan fingerprint density at radius 2 is 0.412 bits per heavy atom. The van der Waals surface area contributed by atoms with Gasteiger partial charge in [-0.25, -0.2) is 0 Å². The quantitative estimate of drug-likeness (QED) is 0.0448. The van der Waals surface area contributed by atoms with Gasteiger partial charge in [0.25, 0.3) is 0 Å². The van der Waals surface area contributed by atoms with Crippen molar-refractivity contribution in [2.45, 2.75) is 273 Å². The highest BCUT2D eigenvalue weighted by Crippen LogP contribution is 2.17. The Labute approximate surface area is 327 Å². The van der Waals surface area contributed by atoms with Gasteiger partial charge in [0.2, 0.25) is 0 Å². The molecule has 0 fully saturated rings. The third kappa shape index (κ3) is 44.2. The maximum atomic E-state index is 2.79. The zero-order chi connectivity index (χ0) is 37.8. The van der Waals surface area contributed by atoms with Crippen LogP contribution in [-0.4, -0.2) is 55.7 Å². The average Bonchev–Trinajstić information content (AvgIpc) is 3.13. The predicted octanol–water partition coefficient (Wildman–Crippen LogP) is 16.9. The van der Waals surface area contributed by atoms with Crippen molar-refractivity contribution in [3.63, 3.8) is 0 Å². The lowest BCUT2D eigenvalue weighted by atomic mass is 10.1. The lowest BCUT2D eigenvalue weighted by molar-refractivity contribution is -0.910. The van der Waals surface area contributed by atoms with Gasteiger partial charge in [0.15, 0.2) is 0 Å². The molecule has 0 rings (SSSR count). The van der Waals surface area contributed by atoms with Gasteiger partial charge in [0.1, 0.15) is 0 Å². The Kier molecular flexibility index (Phi) is 47.9. The summed E-state index contributed by atoms with van der Waals surface area (Å²) >= 11 is 0. The molecule has 0 spiro atoms. The van der Waals surface area contributed by atoms with Crippen molar-refractivity contribution in [3.05, 3.63) is 0 Å². The second-order valence-corrected chi connectivity index (χ2v) is 17.2. The third-order valence-electron chi connectivity index (χ3n) is 11.6. The van der Waals surface area contributed by atoms with Gasteiger partial charge in [-0.1, -0.05) is 215 Å². The Balaban J connectivity index is 0. The number of unbranched alkanes of at least 4 members (excludes halogenated alkanes) is 30. The monoisotopic (exact) mass is 722 g/mol. The molecule has 51 heavy (non-hydrogen) atoms. The molecule has 2 heteroatoms. The molecular weight excluding hydrogens is 617 g/mol. The van der Waals surface area contributed by atoms with Crippen LogP contribution >= 0.6 is 0 Å². The first-order chi connectivity index (χ1) is 25.0. The highest BCUT2D eigenvalue weighted by atomic mass is 15.3. The first kappa shape index (κ1) is 53.0. The van der Waals surface area contributed by atoms with E-state index in [2.05, 4.69) is 53.5 Å². The Morgan fingerprint density at radius 1 is 0.235 bits per heavy atom. The fraction of sp³-hybridized carbons (Fsp3) is 1.00. The van der Waals surface area contributed by atoms with Crippen LogP contribution in [0.15, 0.2) is 0 Å². The van der Waals surface area contributed by atoms with Gasteiger partial charge in [-0.15, -0.1) is 0 Å². The summed E-state index contributed by atoms with van der Waals surface area (Å²) in [6, 6.07) is 0. The summed E-state index contributed by atoms with van der Waals surface area (Å²) in [5.41, 5.74) is 0. The number of quaternary nitrogens is 1. The van der Waals surface area contributed by atoms with Gasteiger partial charge in [0, 0.05) is 0 Å². The molecular formula is C49H105N2+. The fourth-order valence-corrected chi connectivity index (χ4v) is 7.84. The van der Waals surface area contributed by atoms with Gasteiger partial charge < -0.3 is 9.38 Å². The third-order valence-corrected chi connectivity index (χ3v) is 11.6. The molecule has 310 valence electrons. The van der Waals surface area contributed by atoms with E-state index in [1.807, 2.05) is 0 Å². The lowest BCUT2D eigenvalue weighted by Crippen LogP contribution is -2.46. The van der Waals surface area contributed by atoms with Crippen molar-refractivity contribution in [1.82, 2.24) is 4.90 Å². The minimum absolute atomic E-state index is 1.36. The molecule has 0 unspecified atom stereocenters. The van der Waals surface area contributed by atoms with E-state index >= 15 is 0 Å². The van der Waals surface area contributed by atoms with Crippen molar-refractivity contribution in [2.75, 3.05) is 46.3 Å². The Bertz CT molecular complexity index is 510. The summed E-state index contributed by atoms with van der Waals surface area (Å²) in [7, 11) is 2.56. The number of hydrogen-bond donors (Lipinski definition) is 0. The molecule has 0 bridgehead atoms. The lowest BCUT2D eigenvalue weighted by Gasteiger charge is -2.35. The molecule has 0 heterocycles. The second-order valence-electron chi connectivity index (χ2n) is 17.2. The van der Waals surface area contributed by atoms with Crippen LogP contribution in [-0.2, 0) is 0 Å². The first-order valence-corrected chi connectivity index (χ1v) is 24.6. The van der Waals surface area contributed by atoms with Gasteiger partial charge in [-0.05, 0) is 77.4 Å². The van der Waals surface area contributed by atoms with Crippen LogP contribution in [0.5, 0.6) is 0 Å². The van der Waals surface area contributed by atoms with E-state index in [9.17, 15) is 0 Å². The highest BCUT2D eigenvalue weighted by molar-refractivity contribution is 4.60. The van der Waals surface area contributed by atoms with Crippen molar-refractivity contribution in [3.8, 4) is 0 Å². The average molecular weight is 722 g/mol. The van der Waals surface area contributed by atoms with Crippen LogP contribution in [0.2, 0.25) is 0 Å². The molecule has 0 radical (unpaired) electrons. The zero-order valence-corrected chi connectivity index (χ0v) is 37.6. The normalized spacial score (nSPS) is 11.8. The Morgan fingerprint density at radius 3 is 0.627 bits per heavy atom. The smallest absolute Gasteiger partial charge is 0.0784 e. The van der Waals surface area contributed by atoms with Crippen LogP contribution in [0.4, 0.5) is 0 Å². The van der Waals surface area contributed by atoms with E-state index in [0.29, 0.717) is 0 Å². The molecule has 0 aliphatic heterocycles. The number of nitrogens with zero attached hydrogens (tertiary/aromatic N) is 2. The van der Waals surface area contributed by atoms with Gasteiger partial charge in [0.05, 0.1) is 26.7 Å². The van der Waals surface area contributed by atoms with Crippen LogP contribution in [0.3, 0.4) is 0 Å². The molecule has 0 atom stereocenters. The molecule has 2 nitrogen and oxygen atoms in total. The molecule has 0 saturated heterocycles. The fourth-order valence-electron chi connectivity index (χ4n) is 7.84. The molecule has 0 aliphatic carbocycles. The van der Waals surface area contributed by atoms with Crippen molar-refractivity contribution in [2.24, 2.45) is 0 Å². The summed E-state index contributed by atoms with van der Waals surface area (Å²) in [6.45, 7) is 22.2. The summed E-state index contributed by atoms with van der Waals surface area (Å²) in [4.78, 5) is 2.79. The van der Waals surface area contributed by atoms with E-state index in [1.165, 1.54) is 275 Å². The second kappa shape index (κ2) is 46.1. The first-order valence-electron chi connectivity index (χ1n) is 24.6. The standard InChI is InChI=1S/C25H54N.C24H51N/c1-5-8-11-14-17-20-23-26(4,24-21-18-15-12-9-6-2)25-22-19-16-13-10-7-3;1-4-7-10-13-16-19-22-25(23-20-17-14-11-8-5-2)24-21-18-15-12-9-6-3/h5-25H2,1-4H3;4-24H2,1-3H3/q+1;. The molecule has 0 aromatic rings. The van der Waals surface area contributed by atoms with Crippen LogP contribution in [0.25, 0.3) is 0 Å². The van der Waals surface area contributed by atoms with Crippen molar-refractivity contribution in [1.29, 1.82) is 0 Å². The SMILES string of the molecule is CCCCCCCCN(CCCCCCCC)CCCCCCCC.CCCCCCCC[N+](C)(CCCCCCCC)CCCCCCCC. The van der Waals surface area contributed by atoms with Crippen LogP contribution < -0.4 is 0 Å². The van der Waals surface area contributed by atoms with E-state index < -0.39 is 0 Å². The predicted molar refractivity (Wildman–Crippen MR) is 237 cm³/mol. The largest absolute Gasteiger partial charge is 0.326 e. The molecule has 0 aromatic carbocycles. The minimum Gasteiger partial charge on any atom is -0.326 e. The Hall–Kier alpha value is -0.0800. The molecule has 0 saturated carbocycles. The number of hydrogen-bond acceptors (Lipinski definition) is 1. The van der Waals surface area contributed by atoms with Crippen molar-refractivity contribution >= 4 is 0 Å². The van der Waals surface area contributed by atoms with Crippen LogP contribution in [0, 0.1) is 0 Å². The van der Waals surface area contributed by atoms with Crippen molar-refractivity contribution < 1.29 is 4.48 Å². The molecule has 0 amide bonds. The van der Waals surface area contributed by atoms with E-state index in [4.69, 9.17) is 0 Å². The van der Waals surface area contributed by atoms with Crippen LogP contribution in [0.1, 0.15) is 273 Å². The highest BCUT2D eigenvalue weighted by Gasteiger charge is 2.20. The molecule has 0 N–H and O–H groups in total. The summed E-state index contributed by atoms with van der Waals surface area (Å²) in [5, 5.41) is 0. The van der Waals surface area contributed by atoms with E-state index in [-0.39, 0.29) is 0 Å². The number of rotatable bonds is 42. The van der Waals surface area contributed by atoms with E-state index in [1.54, 1.807) is 0 Å². The van der Waals surface area contributed by atoms with Gasteiger partial charge in [-0.2, -0.15) is 0 Å². The molecule has 0 aliphatic rings.